The molecule has 0 N–H and O–H groups in total. The number of halogens is 1. The maximum absolute atomic E-state index is 12.8. The van der Waals surface area contributed by atoms with Crippen molar-refractivity contribution >= 4 is 5.78 Å². The van der Waals surface area contributed by atoms with Gasteiger partial charge >= 0.3 is 0 Å². The lowest BCUT2D eigenvalue weighted by molar-refractivity contribution is 0.0929. The van der Waals surface area contributed by atoms with Gasteiger partial charge < -0.3 is 9.64 Å². The first-order valence-electron chi connectivity index (χ1n) is 7.69. The van der Waals surface area contributed by atoms with Crippen molar-refractivity contribution in [2.45, 2.75) is 25.7 Å². The van der Waals surface area contributed by atoms with E-state index in [1.165, 1.54) is 25.0 Å². The number of rotatable bonds is 7. The SMILES string of the molecule is COCC1CCN(CCCC(=O)c2ccc(F)cc2)CC1. The molecule has 2 rings (SSSR count). The van der Waals surface area contributed by atoms with Gasteiger partial charge in [-0.2, -0.15) is 0 Å². The average molecular weight is 293 g/mol. The van der Waals surface area contributed by atoms with Gasteiger partial charge in [0.05, 0.1) is 0 Å². The van der Waals surface area contributed by atoms with E-state index in [1.807, 2.05) is 0 Å². The molecule has 0 atom stereocenters. The van der Waals surface area contributed by atoms with Gasteiger partial charge in [-0.3, -0.25) is 4.79 Å². The summed E-state index contributed by atoms with van der Waals surface area (Å²) in [6.45, 7) is 4.01. The molecule has 21 heavy (non-hydrogen) atoms. The number of likely N-dealkylation sites (tertiary alicyclic amines) is 1. The highest BCUT2D eigenvalue weighted by Gasteiger charge is 2.18. The predicted octanol–water partition coefficient (Wildman–Crippen LogP) is 3.15. The number of nitrogens with zero attached hydrogens (tertiary/aromatic N) is 1. The summed E-state index contributed by atoms with van der Waals surface area (Å²) >= 11 is 0. The van der Waals surface area contributed by atoms with E-state index in [1.54, 1.807) is 19.2 Å². The molecule has 0 amide bonds. The Morgan fingerprint density at radius 3 is 2.57 bits per heavy atom. The Hall–Kier alpha value is -1.26. The molecular formula is C17H24FNO2. The van der Waals surface area contributed by atoms with Crippen molar-refractivity contribution in [3.63, 3.8) is 0 Å². The number of benzene rings is 1. The number of methoxy groups -OCH3 is 1. The second-order valence-electron chi connectivity index (χ2n) is 5.77. The molecule has 116 valence electrons. The monoisotopic (exact) mass is 293 g/mol. The number of ketones is 1. The first kappa shape index (κ1) is 16.1. The van der Waals surface area contributed by atoms with Gasteiger partial charge in [0.25, 0.3) is 0 Å². The minimum absolute atomic E-state index is 0.101. The summed E-state index contributed by atoms with van der Waals surface area (Å²) in [5.74, 6) is 0.488. The lowest BCUT2D eigenvalue weighted by Crippen LogP contribution is -2.35. The second kappa shape index (κ2) is 8.25. The molecule has 0 unspecified atom stereocenters. The van der Waals surface area contributed by atoms with Gasteiger partial charge in [0.2, 0.25) is 0 Å². The average Bonchev–Trinajstić information content (AvgIpc) is 2.50. The fourth-order valence-corrected chi connectivity index (χ4v) is 2.86. The highest BCUT2D eigenvalue weighted by Crippen LogP contribution is 2.18. The third-order valence-corrected chi connectivity index (χ3v) is 4.15. The lowest BCUT2D eigenvalue weighted by Gasteiger charge is -2.31. The molecule has 1 fully saturated rings. The van der Waals surface area contributed by atoms with Crippen LogP contribution in [0.25, 0.3) is 0 Å². The van der Waals surface area contributed by atoms with Crippen molar-refractivity contribution in [1.82, 2.24) is 4.90 Å². The number of carbonyl (C=O) groups excluding carboxylic acids is 1. The van der Waals surface area contributed by atoms with Gasteiger partial charge in [-0.1, -0.05) is 0 Å². The molecule has 0 spiro atoms. The van der Waals surface area contributed by atoms with Crippen LogP contribution in [0, 0.1) is 11.7 Å². The van der Waals surface area contributed by atoms with Crippen LogP contribution >= 0.6 is 0 Å². The molecule has 0 bridgehead atoms. The maximum Gasteiger partial charge on any atom is 0.162 e. The lowest BCUT2D eigenvalue weighted by atomic mass is 9.97. The van der Waals surface area contributed by atoms with Gasteiger partial charge in [0.1, 0.15) is 5.82 Å². The molecule has 1 aliphatic rings. The number of ether oxygens (including phenoxy) is 1. The Morgan fingerprint density at radius 2 is 1.95 bits per heavy atom. The van der Waals surface area contributed by atoms with E-state index in [-0.39, 0.29) is 11.6 Å². The molecule has 1 aromatic rings. The van der Waals surface area contributed by atoms with Gasteiger partial charge in [0.15, 0.2) is 5.78 Å². The van der Waals surface area contributed by atoms with Crippen molar-refractivity contribution in [3.05, 3.63) is 35.6 Å². The number of Topliss-reactive ketones (excluding diaryl/α,β-unsaturated/α-hetero) is 1. The molecule has 0 aromatic heterocycles. The molecule has 1 saturated heterocycles. The fourth-order valence-electron chi connectivity index (χ4n) is 2.86. The zero-order chi connectivity index (χ0) is 15.1. The van der Waals surface area contributed by atoms with Crippen LogP contribution in [0.15, 0.2) is 24.3 Å². The summed E-state index contributed by atoms with van der Waals surface area (Å²) in [5.41, 5.74) is 0.607. The quantitative estimate of drug-likeness (QED) is 0.723. The minimum atomic E-state index is -0.300. The Labute approximate surface area is 126 Å². The van der Waals surface area contributed by atoms with E-state index in [4.69, 9.17) is 4.74 Å². The van der Waals surface area contributed by atoms with Crippen molar-refractivity contribution in [2.24, 2.45) is 5.92 Å². The van der Waals surface area contributed by atoms with Crippen molar-refractivity contribution < 1.29 is 13.9 Å². The summed E-state index contributed by atoms with van der Waals surface area (Å²) in [6, 6.07) is 5.81. The zero-order valence-electron chi connectivity index (χ0n) is 12.7. The summed E-state index contributed by atoms with van der Waals surface area (Å²) in [4.78, 5) is 14.4. The minimum Gasteiger partial charge on any atom is -0.384 e. The van der Waals surface area contributed by atoms with E-state index in [0.717, 1.165) is 32.7 Å². The largest absolute Gasteiger partial charge is 0.384 e. The molecule has 1 aliphatic heterocycles. The molecule has 0 aliphatic carbocycles. The van der Waals surface area contributed by atoms with E-state index in [0.29, 0.717) is 17.9 Å². The molecule has 3 nitrogen and oxygen atoms in total. The standard InChI is InChI=1S/C17H24FNO2/c1-21-13-14-8-11-19(12-9-14)10-2-3-17(20)15-4-6-16(18)7-5-15/h4-7,14H,2-3,8-13H2,1H3. The zero-order valence-corrected chi connectivity index (χ0v) is 12.7. The van der Waals surface area contributed by atoms with Gasteiger partial charge in [-0.25, -0.2) is 4.39 Å². The smallest absolute Gasteiger partial charge is 0.162 e. The second-order valence-corrected chi connectivity index (χ2v) is 5.77. The normalized spacial score (nSPS) is 17.0. The topological polar surface area (TPSA) is 29.5 Å². The number of hydrogen-bond donors (Lipinski definition) is 0. The molecular weight excluding hydrogens is 269 g/mol. The van der Waals surface area contributed by atoms with Crippen molar-refractivity contribution in [3.8, 4) is 0 Å². The van der Waals surface area contributed by atoms with Crippen LogP contribution in [-0.4, -0.2) is 44.0 Å². The number of carbonyl (C=O) groups is 1. The summed E-state index contributed by atoms with van der Waals surface area (Å²) < 4.78 is 18.0. The highest BCUT2D eigenvalue weighted by atomic mass is 19.1. The Bertz CT molecular complexity index is 439. The van der Waals surface area contributed by atoms with E-state index in [9.17, 15) is 9.18 Å². The maximum atomic E-state index is 12.8. The Morgan fingerprint density at radius 1 is 1.29 bits per heavy atom. The predicted molar refractivity (Wildman–Crippen MR) is 81.0 cm³/mol. The third-order valence-electron chi connectivity index (χ3n) is 4.15. The van der Waals surface area contributed by atoms with E-state index >= 15 is 0 Å². The van der Waals surface area contributed by atoms with E-state index in [2.05, 4.69) is 4.90 Å². The number of piperidine rings is 1. The van der Waals surface area contributed by atoms with Gasteiger partial charge in [-0.05, 0) is 69.1 Å². The third kappa shape index (κ3) is 5.21. The molecule has 0 radical (unpaired) electrons. The van der Waals surface area contributed by atoms with Gasteiger partial charge in [0, 0.05) is 25.7 Å². The molecule has 1 aromatic carbocycles. The summed E-state index contributed by atoms with van der Waals surface area (Å²) in [7, 11) is 1.76. The van der Waals surface area contributed by atoms with Crippen LogP contribution in [-0.2, 0) is 4.74 Å². The van der Waals surface area contributed by atoms with Crippen LogP contribution < -0.4 is 0 Å². The van der Waals surface area contributed by atoms with Crippen LogP contribution in [0.1, 0.15) is 36.0 Å². The Balaban J connectivity index is 1.66. The van der Waals surface area contributed by atoms with E-state index < -0.39 is 0 Å². The molecule has 1 heterocycles. The first-order valence-corrected chi connectivity index (χ1v) is 7.69. The molecule has 4 heteroatoms. The first-order chi connectivity index (χ1) is 10.2. The van der Waals surface area contributed by atoms with Crippen LogP contribution in [0.2, 0.25) is 0 Å². The van der Waals surface area contributed by atoms with Crippen LogP contribution in [0.5, 0.6) is 0 Å². The number of hydrogen-bond acceptors (Lipinski definition) is 3. The Kier molecular flexibility index (Phi) is 6.33. The van der Waals surface area contributed by atoms with Crippen LogP contribution in [0.4, 0.5) is 4.39 Å². The summed E-state index contributed by atoms with van der Waals surface area (Å²) in [5, 5.41) is 0. The fraction of sp³-hybridized carbons (Fsp3) is 0.588. The van der Waals surface area contributed by atoms with Crippen LogP contribution in [0.3, 0.4) is 0 Å². The highest BCUT2D eigenvalue weighted by molar-refractivity contribution is 5.95. The summed E-state index contributed by atoms with van der Waals surface area (Å²) in [6.07, 6.45) is 3.76. The van der Waals surface area contributed by atoms with Crippen molar-refractivity contribution in [1.29, 1.82) is 0 Å². The van der Waals surface area contributed by atoms with Gasteiger partial charge in [-0.15, -0.1) is 0 Å². The molecule has 0 saturated carbocycles. The van der Waals surface area contributed by atoms with Crippen molar-refractivity contribution in [2.75, 3.05) is 33.4 Å².